The van der Waals surface area contributed by atoms with E-state index >= 15 is 0 Å². The summed E-state index contributed by atoms with van der Waals surface area (Å²) in [5, 5.41) is 10.5. The topological polar surface area (TPSA) is 73.9 Å². The first-order chi connectivity index (χ1) is 11.1. The maximum absolute atomic E-state index is 12.3. The molecular formula is C16H21N5OS. The van der Waals surface area contributed by atoms with Crippen molar-refractivity contribution in [3.8, 4) is 0 Å². The minimum atomic E-state index is -0.0189. The molecule has 1 aromatic heterocycles. The highest BCUT2D eigenvalue weighted by atomic mass is 32.2. The zero-order valence-electron chi connectivity index (χ0n) is 13.4. The standard InChI is InChI=1S/C16H21N5OS/c1-11-18-15(20-19-11)23-8-7-17-16(22)21(2)14-9-12-5-3-4-6-13(12)10-14/h3-6,14H,7-10H2,1-2H3,(H,17,22)(H,18,19,20). The average Bonchev–Trinajstić information content (AvgIpc) is 3.16. The van der Waals surface area contributed by atoms with Crippen LogP contribution in [-0.2, 0) is 12.8 Å². The van der Waals surface area contributed by atoms with E-state index in [-0.39, 0.29) is 12.1 Å². The van der Waals surface area contributed by atoms with Crippen molar-refractivity contribution < 1.29 is 4.79 Å². The second kappa shape index (κ2) is 7.04. The van der Waals surface area contributed by atoms with Crippen molar-refractivity contribution in [1.29, 1.82) is 0 Å². The number of aromatic nitrogens is 3. The Balaban J connectivity index is 1.42. The fourth-order valence-electron chi connectivity index (χ4n) is 2.79. The molecule has 1 aliphatic carbocycles. The number of fused-ring (bicyclic) bond motifs is 1. The summed E-state index contributed by atoms with van der Waals surface area (Å²) in [6.07, 6.45) is 1.87. The average molecular weight is 331 g/mol. The van der Waals surface area contributed by atoms with Crippen LogP contribution in [0.3, 0.4) is 0 Å². The number of likely N-dealkylation sites (N-methyl/N-ethyl adjacent to an activating group) is 1. The van der Waals surface area contributed by atoms with Crippen LogP contribution in [0, 0.1) is 6.92 Å². The Morgan fingerprint density at radius 2 is 2.09 bits per heavy atom. The number of benzene rings is 1. The van der Waals surface area contributed by atoms with Gasteiger partial charge in [-0.05, 0) is 30.9 Å². The van der Waals surface area contributed by atoms with Crippen LogP contribution in [0.15, 0.2) is 29.4 Å². The number of H-pyrrole nitrogens is 1. The smallest absolute Gasteiger partial charge is 0.317 e. The third kappa shape index (κ3) is 3.85. The minimum absolute atomic E-state index is 0.0189. The van der Waals surface area contributed by atoms with Gasteiger partial charge in [0.1, 0.15) is 5.82 Å². The number of aryl methyl sites for hydroxylation is 1. The van der Waals surface area contributed by atoms with Crippen LogP contribution in [0.2, 0.25) is 0 Å². The van der Waals surface area contributed by atoms with Crippen molar-refractivity contribution in [2.45, 2.75) is 31.0 Å². The van der Waals surface area contributed by atoms with E-state index in [1.807, 2.05) is 18.9 Å². The quantitative estimate of drug-likeness (QED) is 0.649. The Labute approximate surface area is 140 Å². The van der Waals surface area contributed by atoms with E-state index in [2.05, 4.69) is 44.8 Å². The van der Waals surface area contributed by atoms with Crippen LogP contribution in [-0.4, -0.2) is 51.5 Å². The number of amides is 2. The molecule has 0 atom stereocenters. The van der Waals surface area contributed by atoms with Gasteiger partial charge >= 0.3 is 6.03 Å². The van der Waals surface area contributed by atoms with Crippen LogP contribution in [0.5, 0.6) is 0 Å². The van der Waals surface area contributed by atoms with Gasteiger partial charge in [-0.3, -0.25) is 5.10 Å². The van der Waals surface area contributed by atoms with E-state index < -0.39 is 0 Å². The summed E-state index contributed by atoms with van der Waals surface area (Å²) in [6.45, 7) is 2.47. The zero-order chi connectivity index (χ0) is 16.2. The number of thioether (sulfide) groups is 1. The summed E-state index contributed by atoms with van der Waals surface area (Å²) < 4.78 is 0. The fraction of sp³-hybridized carbons (Fsp3) is 0.438. The molecule has 3 rings (SSSR count). The Morgan fingerprint density at radius 1 is 1.39 bits per heavy atom. The maximum Gasteiger partial charge on any atom is 0.317 e. The number of nitrogens with zero attached hydrogens (tertiary/aromatic N) is 3. The van der Waals surface area contributed by atoms with Gasteiger partial charge in [0.25, 0.3) is 0 Å². The van der Waals surface area contributed by atoms with Gasteiger partial charge in [0.2, 0.25) is 5.16 Å². The number of hydrogen-bond donors (Lipinski definition) is 2. The maximum atomic E-state index is 12.3. The molecule has 2 aromatic rings. The van der Waals surface area contributed by atoms with Gasteiger partial charge in [-0.2, -0.15) is 0 Å². The largest absolute Gasteiger partial charge is 0.337 e. The fourth-order valence-corrected chi connectivity index (χ4v) is 3.49. The molecule has 0 unspecified atom stereocenters. The van der Waals surface area contributed by atoms with Crippen LogP contribution in [0.1, 0.15) is 17.0 Å². The van der Waals surface area contributed by atoms with Crippen molar-refractivity contribution in [2.75, 3.05) is 19.3 Å². The predicted molar refractivity (Wildman–Crippen MR) is 90.6 cm³/mol. The molecule has 7 heteroatoms. The van der Waals surface area contributed by atoms with E-state index in [4.69, 9.17) is 0 Å². The molecule has 0 aliphatic heterocycles. The van der Waals surface area contributed by atoms with Crippen molar-refractivity contribution >= 4 is 17.8 Å². The van der Waals surface area contributed by atoms with Crippen molar-refractivity contribution in [3.63, 3.8) is 0 Å². The molecule has 122 valence electrons. The Kier molecular flexibility index (Phi) is 4.85. The van der Waals surface area contributed by atoms with E-state index in [9.17, 15) is 4.79 Å². The number of hydrogen-bond acceptors (Lipinski definition) is 4. The molecule has 6 nitrogen and oxygen atoms in total. The summed E-state index contributed by atoms with van der Waals surface area (Å²) in [5.74, 6) is 1.55. The lowest BCUT2D eigenvalue weighted by atomic mass is 10.1. The first-order valence-corrected chi connectivity index (χ1v) is 8.71. The molecule has 0 bridgehead atoms. The zero-order valence-corrected chi connectivity index (χ0v) is 14.2. The summed E-state index contributed by atoms with van der Waals surface area (Å²) >= 11 is 1.53. The van der Waals surface area contributed by atoms with E-state index in [0.29, 0.717) is 6.54 Å². The number of urea groups is 1. The van der Waals surface area contributed by atoms with E-state index in [1.165, 1.54) is 22.9 Å². The molecule has 0 fully saturated rings. The first-order valence-electron chi connectivity index (χ1n) is 7.72. The molecule has 1 aliphatic rings. The number of carbonyl (C=O) groups excluding carboxylic acids is 1. The lowest BCUT2D eigenvalue weighted by molar-refractivity contribution is 0.192. The van der Waals surface area contributed by atoms with Crippen molar-refractivity contribution in [1.82, 2.24) is 25.4 Å². The molecule has 0 spiro atoms. The van der Waals surface area contributed by atoms with E-state index in [1.54, 1.807) is 0 Å². The lowest BCUT2D eigenvalue weighted by Gasteiger charge is -2.24. The Bertz CT molecular complexity index is 662. The first kappa shape index (κ1) is 15.9. The second-order valence-corrected chi connectivity index (χ2v) is 6.79. The molecular weight excluding hydrogens is 310 g/mol. The van der Waals surface area contributed by atoms with Crippen molar-refractivity contribution in [3.05, 3.63) is 41.2 Å². The molecule has 0 saturated heterocycles. The number of rotatable bonds is 5. The molecule has 23 heavy (non-hydrogen) atoms. The van der Waals surface area contributed by atoms with Gasteiger partial charge in [0.15, 0.2) is 0 Å². The van der Waals surface area contributed by atoms with E-state index in [0.717, 1.165) is 29.6 Å². The monoisotopic (exact) mass is 331 g/mol. The van der Waals surface area contributed by atoms with Gasteiger partial charge in [-0.15, -0.1) is 5.10 Å². The molecule has 0 saturated carbocycles. The van der Waals surface area contributed by atoms with Gasteiger partial charge in [-0.25, -0.2) is 9.78 Å². The van der Waals surface area contributed by atoms with Crippen LogP contribution >= 0.6 is 11.8 Å². The highest BCUT2D eigenvalue weighted by Gasteiger charge is 2.26. The Morgan fingerprint density at radius 3 is 2.70 bits per heavy atom. The van der Waals surface area contributed by atoms with Crippen LogP contribution in [0.25, 0.3) is 0 Å². The highest BCUT2D eigenvalue weighted by Crippen LogP contribution is 2.24. The third-order valence-corrected chi connectivity index (χ3v) is 4.93. The third-order valence-electron chi connectivity index (χ3n) is 4.08. The van der Waals surface area contributed by atoms with Gasteiger partial charge < -0.3 is 10.2 Å². The highest BCUT2D eigenvalue weighted by molar-refractivity contribution is 7.99. The van der Waals surface area contributed by atoms with Gasteiger partial charge in [0.05, 0.1) is 0 Å². The summed E-state index contributed by atoms with van der Waals surface area (Å²) in [6, 6.07) is 8.64. The van der Waals surface area contributed by atoms with Gasteiger partial charge in [0, 0.05) is 25.4 Å². The molecule has 2 amide bonds. The summed E-state index contributed by atoms with van der Waals surface area (Å²) in [7, 11) is 1.87. The number of aromatic amines is 1. The molecule has 1 heterocycles. The van der Waals surface area contributed by atoms with Crippen molar-refractivity contribution in [2.24, 2.45) is 0 Å². The molecule has 1 aromatic carbocycles. The molecule has 2 N–H and O–H groups in total. The van der Waals surface area contributed by atoms with Crippen LogP contribution in [0.4, 0.5) is 4.79 Å². The predicted octanol–water partition coefficient (Wildman–Crippen LogP) is 2.01. The van der Waals surface area contributed by atoms with Crippen LogP contribution < -0.4 is 5.32 Å². The SMILES string of the molecule is Cc1nc(SCCNC(=O)N(C)C2Cc3ccccc3C2)n[nH]1. The van der Waals surface area contributed by atoms with Gasteiger partial charge in [-0.1, -0.05) is 36.0 Å². The normalized spacial score (nSPS) is 13.8. The number of nitrogens with one attached hydrogen (secondary N) is 2. The molecule has 0 radical (unpaired) electrons. The minimum Gasteiger partial charge on any atom is -0.337 e. The lowest BCUT2D eigenvalue weighted by Crippen LogP contribution is -2.44. The second-order valence-electron chi connectivity index (χ2n) is 5.73. The number of carbonyl (C=O) groups is 1. The summed E-state index contributed by atoms with van der Waals surface area (Å²) in [5.41, 5.74) is 2.71. The Hall–Kier alpha value is -2.02. The summed E-state index contributed by atoms with van der Waals surface area (Å²) in [4.78, 5) is 18.3.